The zero-order valence-corrected chi connectivity index (χ0v) is 20.9. The van der Waals surface area contributed by atoms with Crippen LogP contribution in [0.25, 0.3) is 11.1 Å². The van der Waals surface area contributed by atoms with Crippen LogP contribution in [0.15, 0.2) is 61.1 Å². The first-order chi connectivity index (χ1) is 17.5. The maximum atomic E-state index is 14.4. The highest BCUT2D eigenvalue weighted by atomic mass is 19.1. The van der Waals surface area contributed by atoms with Crippen molar-refractivity contribution in [1.29, 1.82) is 0 Å². The zero-order chi connectivity index (χ0) is 24.9. The molecule has 0 bridgehead atoms. The highest BCUT2D eigenvalue weighted by Crippen LogP contribution is 2.24. The number of halogens is 1. The van der Waals surface area contributed by atoms with Crippen molar-refractivity contribution in [3.05, 3.63) is 78.0 Å². The first-order valence-electron chi connectivity index (χ1n) is 13.0. The summed E-state index contributed by atoms with van der Waals surface area (Å²) in [5.41, 5.74) is 2.81. The number of hydrogen-bond acceptors (Lipinski definition) is 5. The Bertz CT molecular complexity index is 1150. The second kappa shape index (κ2) is 11.2. The fourth-order valence-electron chi connectivity index (χ4n) is 5.12. The van der Waals surface area contributed by atoms with E-state index in [1.807, 2.05) is 6.20 Å². The molecule has 3 aromatic rings. The van der Waals surface area contributed by atoms with E-state index in [9.17, 15) is 9.18 Å². The summed E-state index contributed by atoms with van der Waals surface area (Å²) >= 11 is 0. The van der Waals surface area contributed by atoms with Gasteiger partial charge in [0.15, 0.2) is 0 Å². The van der Waals surface area contributed by atoms with Gasteiger partial charge in [0.1, 0.15) is 11.6 Å². The second-order valence-corrected chi connectivity index (χ2v) is 10.1. The molecule has 2 fully saturated rings. The molecule has 1 N–H and O–H groups in total. The summed E-state index contributed by atoms with van der Waals surface area (Å²) in [4.78, 5) is 26.4. The first-order valence-corrected chi connectivity index (χ1v) is 13.0. The van der Waals surface area contributed by atoms with Gasteiger partial charge >= 0.3 is 0 Å². The summed E-state index contributed by atoms with van der Waals surface area (Å²) in [5.74, 6) is 1.39. The number of pyridine rings is 2. The Morgan fingerprint density at radius 3 is 2.44 bits per heavy atom. The highest BCUT2D eigenvalue weighted by molar-refractivity contribution is 5.95. The van der Waals surface area contributed by atoms with Crippen molar-refractivity contribution < 1.29 is 9.18 Å². The minimum absolute atomic E-state index is 0.116. The Hall–Kier alpha value is -3.32. The van der Waals surface area contributed by atoms with Gasteiger partial charge in [0, 0.05) is 68.5 Å². The zero-order valence-electron chi connectivity index (χ0n) is 20.9. The summed E-state index contributed by atoms with van der Waals surface area (Å²) in [6.07, 6.45) is 9.51. The van der Waals surface area contributed by atoms with Crippen LogP contribution >= 0.6 is 0 Å². The molecule has 7 heteroatoms. The van der Waals surface area contributed by atoms with E-state index in [2.05, 4.69) is 39.2 Å². The molecule has 1 amide bonds. The maximum Gasteiger partial charge on any atom is 0.251 e. The Morgan fingerprint density at radius 1 is 1.00 bits per heavy atom. The van der Waals surface area contributed by atoms with Gasteiger partial charge in [-0.05, 0) is 79.1 Å². The fraction of sp³-hybridized carbons (Fsp3) is 0.414. The predicted octanol–water partition coefficient (Wildman–Crippen LogP) is 4.91. The van der Waals surface area contributed by atoms with Crippen molar-refractivity contribution in [2.75, 3.05) is 31.1 Å². The third-order valence-corrected chi connectivity index (χ3v) is 7.47. The van der Waals surface area contributed by atoms with E-state index >= 15 is 0 Å². The number of rotatable bonds is 6. The van der Waals surface area contributed by atoms with Crippen LogP contribution in [-0.2, 0) is 6.54 Å². The first kappa shape index (κ1) is 24.4. The van der Waals surface area contributed by atoms with Crippen molar-refractivity contribution in [1.82, 2.24) is 20.2 Å². The molecule has 2 aliphatic rings. The molecule has 2 aromatic heterocycles. The van der Waals surface area contributed by atoms with E-state index in [0.29, 0.717) is 16.7 Å². The number of anilines is 1. The van der Waals surface area contributed by atoms with Gasteiger partial charge in [0.25, 0.3) is 5.91 Å². The minimum Gasteiger partial charge on any atom is -0.357 e. The maximum absolute atomic E-state index is 14.4. The van der Waals surface area contributed by atoms with Gasteiger partial charge in [0.2, 0.25) is 0 Å². The van der Waals surface area contributed by atoms with E-state index in [-0.39, 0.29) is 17.8 Å². The topological polar surface area (TPSA) is 61.4 Å². The third-order valence-electron chi connectivity index (χ3n) is 7.47. The predicted molar refractivity (Wildman–Crippen MR) is 140 cm³/mol. The van der Waals surface area contributed by atoms with Crippen molar-refractivity contribution in [2.24, 2.45) is 5.92 Å². The number of hydrogen-bond donors (Lipinski definition) is 1. The quantitative estimate of drug-likeness (QED) is 0.535. The van der Waals surface area contributed by atoms with Crippen LogP contribution in [0, 0.1) is 11.7 Å². The molecule has 0 saturated carbocycles. The molecule has 2 saturated heterocycles. The third kappa shape index (κ3) is 5.90. The van der Waals surface area contributed by atoms with Crippen LogP contribution < -0.4 is 10.2 Å². The number of nitrogens with one attached hydrogen (secondary N) is 1. The average Bonchev–Trinajstić information content (AvgIpc) is 2.91. The number of carbonyl (C=O) groups is 1. The lowest BCUT2D eigenvalue weighted by Crippen LogP contribution is -2.44. The molecule has 5 rings (SSSR count). The van der Waals surface area contributed by atoms with E-state index < -0.39 is 0 Å². The van der Waals surface area contributed by atoms with Gasteiger partial charge in [-0.3, -0.25) is 14.7 Å². The summed E-state index contributed by atoms with van der Waals surface area (Å²) in [6.45, 7) is 7.22. The largest absolute Gasteiger partial charge is 0.357 e. The Labute approximate surface area is 212 Å². The van der Waals surface area contributed by atoms with Gasteiger partial charge in [-0.25, -0.2) is 9.37 Å². The highest BCUT2D eigenvalue weighted by Gasteiger charge is 2.22. The van der Waals surface area contributed by atoms with Crippen LogP contribution in [0.4, 0.5) is 10.2 Å². The van der Waals surface area contributed by atoms with Crippen LogP contribution in [0.5, 0.6) is 0 Å². The molecule has 1 aromatic carbocycles. The molecule has 0 spiro atoms. The lowest BCUT2D eigenvalue weighted by atomic mass is 9.99. The van der Waals surface area contributed by atoms with Crippen molar-refractivity contribution in [2.45, 2.75) is 45.2 Å². The van der Waals surface area contributed by atoms with Gasteiger partial charge in [-0.15, -0.1) is 0 Å². The Balaban J connectivity index is 1.11. The normalized spacial score (nSPS) is 17.8. The number of amides is 1. The van der Waals surface area contributed by atoms with Crippen molar-refractivity contribution >= 4 is 11.7 Å². The van der Waals surface area contributed by atoms with E-state index in [0.717, 1.165) is 57.3 Å². The molecule has 0 unspecified atom stereocenters. The van der Waals surface area contributed by atoms with Gasteiger partial charge in [-0.1, -0.05) is 13.0 Å². The Morgan fingerprint density at radius 2 is 1.75 bits per heavy atom. The van der Waals surface area contributed by atoms with Crippen LogP contribution in [0.2, 0.25) is 0 Å². The second-order valence-electron chi connectivity index (χ2n) is 10.1. The standard InChI is InChI=1S/C29H34FN5O/c1-21-8-16-35(17-9-21)28-5-2-22(19-32-28)20-34-14-10-25(11-15-34)33-29(36)24-3-4-27(30)26(18-24)23-6-12-31-13-7-23/h2-7,12-13,18-19,21,25H,8-11,14-17,20H2,1H3,(H,33,36). The van der Waals surface area contributed by atoms with E-state index in [4.69, 9.17) is 4.98 Å². The minimum atomic E-state index is -0.348. The monoisotopic (exact) mass is 487 g/mol. The molecule has 2 aliphatic heterocycles. The van der Waals surface area contributed by atoms with Gasteiger partial charge < -0.3 is 10.2 Å². The molecule has 0 radical (unpaired) electrons. The van der Waals surface area contributed by atoms with E-state index in [1.54, 1.807) is 36.7 Å². The van der Waals surface area contributed by atoms with Crippen LogP contribution in [0.1, 0.15) is 48.5 Å². The number of likely N-dealkylation sites (tertiary alicyclic amines) is 1. The summed E-state index contributed by atoms with van der Waals surface area (Å²) in [7, 11) is 0. The van der Waals surface area contributed by atoms with Crippen molar-refractivity contribution in [3.63, 3.8) is 0 Å². The summed E-state index contributed by atoms with van der Waals surface area (Å²) in [5, 5.41) is 3.15. The molecule has 4 heterocycles. The number of nitrogens with zero attached hydrogens (tertiary/aromatic N) is 4. The van der Waals surface area contributed by atoms with E-state index in [1.165, 1.54) is 24.5 Å². The van der Waals surface area contributed by atoms with Crippen LogP contribution in [0.3, 0.4) is 0 Å². The van der Waals surface area contributed by atoms with Gasteiger partial charge in [0.05, 0.1) is 0 Å². The lowest BCUT2D eigenvalue weighted by molar-refractivity contribution is 0.0909. The number of carbonyl (C=O) groups excluding carboxylic acids is 1. The molecule has 6 nitrogen and oxygen atoms in total. The summed E-state index contributed by atoms with van der Waals surface area (Å²) in [6, 6.07) is 12.5. The Kier molecular flexibility index (Phi) is 7.56. The van der Waals surface area contributed by atoms with Gasteiger partial charge in [-0.2, -0.15) is 0 Å². The number of aromatic nitrogens is 2. The fourth-order valence-corrected chi connectivity index (χ4v) is 5.12. The number of piperidine rings is 2. The molecule has 188 valence electrons. The SMILES string of the molecule is CC1CCN(c2ccc(CN3CCC(NC(=O)c4ccc(F)c(-c5ccncc5)c4)CC3)cn2)CC1. The number of benzene rings is 1. The van der Waals surface area contributed by atoms with Crippen LogP contribution in [-0.4, -0.2) is 53.0 Å². The smallest absolute Gasteiger partial charge is 0.251 e. The van der Waals surface area contributed by atoms with Crippen molar-refractivity contribution in [3.8, 4) is 11.1 Å². The molecule has 0 atom stereocenters. The molecular weight excluding hydrogens is 453 g/mol. The average molecular weight is 488 g/mol. The molecular formula is C29H34FN5O. The molecule has 0 aliphatic carbocycles. The molecule has 36 heavy (non-hydrogen) atoms. The lowest BCUT2D eigenvalue weighted by Gasteiger charge is -2.33. The summed E-state index contributed by atoms with van der Waals surface area (Å²) < 4.78 is 14.4.